The Balaban J connectivity index is 1.30. The van der Waals surface area contributed by atoms with Crippen molar-refractivity contribution >= 4 is 64.3 Å². The Morgan fingerprint density at radius 1 is 0.929 bits per heavy atom. The van der Waals surface area contributed by atoms with Gasteiger partial charge in [-0.05, 0) is 78.4 Å². The number of hydrogen-bond acceptors (Lipinski definition) is 8. The number of carbonyl (C=O) groups is 5. The third-order valence-corrected chi connectivity index (χ3v) is 11.8. The van der Waals surface area contributed by atoms with Gasteiger partial charge in [0.1, 0.15) is 0 Å². The van der Waals surface area contributed by atoms with Crippen molar-refractivity contribution in [3.8, 4) is 5.75 Å². The first-order chi connectivity index (χ1) is 26.5. The molecule has 1 saturated carbocycles. The number of rotatable bonds is 6. The molecule has 3 heterocycles. The van der Waals surface area contributed by atoms with Crippen LogP contribution in [0.25, 0.3) is 0 Å². The molecule has 3 N–H and O–H groups in total. The lowest BCUT2D eigenvalue weighted by Gasteiger charge is -2.50. The number of carboxylic acid groups (broad SMARTS) is 1. The first-order valence-electron chi connectivity index (χ1n) is 17.1. The fraction of sp³-hybridized carbons (Fsp3) is 0.231. The molecule has 1 aromatic heterocycles. The highest BCUT2D eigenvalue weighted by Gasteiger charge is 2.70. The van der Waals surface area contributed by atoms with Gasteiger partial charge in [-0.15, -0.1) is 0 Å². The number of allylic oxidation sites excluding steroid dienone is 2. The van der Waals surface area contributed by atoms with Crippen LogP contribution < -0.4 is 10.3 Å². The van der Waals surface area contributed by atoms with Gasteiger partial charge < -0.3 is 10.2 Å². The summed E-state index contributed by atoms with van der Waals surface area (Å²) in [5.41, 5.74) is 0.0864. The van der Waals surface area contributed by atoms with E-state index in [0.717, 1.165) is 17.0 Å². The number of carboxylic acids is 1. The molecule has 2 saturated heterocycles. The zero-order valence-corrected chi connectivity index (χ0v) is 29.9. The van der Waals surface area contributed by atoms with Gasteiger partial charge in [0.2, 0.25) is 11.8 Å². The number of phenols is 1. The summed E-state index contributed by atoms with van der Waals surface area (Å²) in [6, 6.07) is 15.4. The van der Waals surface area contributed by atoms with Crippen LogP contribution in [0.5, 0.6) is 5.75 Å². The highest BCUT2D eigenvalue weighted by molar-refractivity contribution is 6.33. The van der Waals surface area contributed by atoms with Crippen LogP contribution in [0.1, 0.15) is 45.8 Å². The highest BCUT2D eigenvalue weighted by Crippen LogP contribution is 2.64. The summed E-state index contributed by atoms with van der Waals surface area (Å²) in [7, 11) is 0. The largest absolute Gasteiger partial charge is 0.505 e. The van der Waals surface area contributed by atoms with E-state index in [0.29, 0.717) is 22.8 Å². The van der Waals surface area contributed by atoms with E-state index in [9.17, 15) is 42.6 Å². The van der Waals surface area contributed by atoms with Crippen LogP contribution in [0.3, 0.4) is 0 Å². The number of fused-ring (bicyclic) bond motifs is 4. The highest BCUT2D eigenvalue weighted by atomic mass is 35.5. The van der Waals surface area contributed by atoms with E-state index in [4.69, 9.17) is 23.2 Å². The van der Waals surface area contributed by atoms with Gasteiger partial charge in [0.15, 0.2) is 17.4 Å². The van der Waals surface area contributed by atoms with Crippen molar-refractivity contribution in [3.63, 3.8) is 0 Å². The fourth-order valence-corrected chi connectivity index (χ4v) is 9.23. The molecule has 2 aliphatic heterocycles. The van der Waals surface area contributed by atoms with E-state index in [-0.39, 0.29) is 40.2 Å². The second kappa shape index (κ2) is 13.2. The molecule has 6 unspecified atom stereocenters. The number of hydrazine groups is 1. The maximum atomic E-state index is 15.3. The average molecular weight is 810 g/mol. The number of imide groups is 2. The number of pyridine rings is 1. The number of carbonyl (C=O) groups excluding carboxylic acids is 4. The number of nitrogens with one attached hydrogen (secondary N) is 1. The lowest BCUT2D eigenvalue weighted by Crippen LogP contribution is -2.53. The molecule has 11 nitrogen and oxygen atoms in total. The minimum Gasteiger partial charge on any atom is -0.505 e. The van der Waals surface area contributed by atoms with Crippen LogP contribution in [-0.4, -0.2) is 49.8 Å². The zero-order valence-electron chi connectivity index (χ0n) is 28.4. The minimum absolute atomic E-state index is 0.0101. The molecule has 0 bridgehead atoms. The zero-order chi connectivity index (χ0) is 40.0. The standard InChI is InChI=1S/C39H26Cl2F4N4O7/c40-21-7-5-19(6-8-21)38-26(34(52)49(37(38)56)47-32-27(41)14-20(16-46-32)39(43,44)45)15-25-23(31(38)17-4-11-29(50)28(42)13-17)9-10-24-30(25)35(53)48(33(24)51)22-3-1-2-18(12-22)36(54)55/h1-9,11-14,16,24-26,30-31,50H,10,15H2,(H,46,47)(H,54,55). The quantitative estimate of drug-likeness (QED) is 0.105. The maximum Gasteiger partial charge on any atom is 0.417 e. The van der Waals surface area contributed by atoms with E-state index >= 15 is 9.18 Å². The van der Waals surface area contributed by atoms with Crippen LogP contribution in [-0.2, 0) is 30.8 Å². The predicted molar refractivity (Wildman–Crippen MR) is 191 cm³/mol. The molecule has 6 atom stereocenters. The number of aromatic hydroxyl groups is 1. The molecule has 17 heteroatoms. The van der Waals surface area contributed by atoms with E-state index < -0.39 is 98.7 Å². The van der Waals surface area contributed by atoms with Crippen molar-refractivity contribution in [2.75, 3.05) is 10.3 Å². The van der Waals surface area contributed by atoms with E-state index in [1.807, 2.05) is 0 Å². The number of aromatic nitrogens is 1. The second-order valence-electron chi connectivity index (χ2n) is 14.0. The molecule has 4 amide bonds. The number of hydrogen-bond donors (Lipinski definition) is 3. The van der Waals surface area contributed by atoms with E-state index in [1.54, 1.807) is 6.08 Å². The van der Waals surface area contributed by atoms with Crippen LogP contribution in [0.15, 0.2) is 90.6 Å². The summed E-state index contributed by atoms with van der Waals surface area (Å²) in [5, 5.41) is 20.1. The molecule has 4 aromatic rings. The molecule has 2 aliphatic carbocycles. The van der Waals surface area contributed by atoms with Crippen LogP contribution >= 0.6 is 23.2 Å². The van der Waals surface area contributed by atoms with Crippen LogP contribution in [0.4, 0.5) is 29.1 Å². The predicted octanol–water partition coefficient (Wildman–Crippen LogP) is 7.14. The van der Waals surface area contributed by atoms with Crippen LogP contribution in [0.2, 0.25) is 10.0 Å². The van der Waals surface area contributed by atoms with Gasteiger partial charge in [0.25, 0.3) is 11.8 Å². The molecule has 286 valence electrons. The SMILES string of the molecule is O=C(O)c1cccc(N2C(=O)C3CC=C4C(CC5C(=O)N(Nc6ncc(C(F)(F)F)cc6Cl)C(=O)C5(c5ccc(Cl)cc5)C4c4ccc(O)c(F)c4)C3C2=O)c1. The van der Waals surface area contributed by atoms with Gasteiger partial charge in [-0.25, -0.2) is 14.2 Å². The third kappa shape index (κ3) is 5.54. The molecule has 3 aromatic carbocycles. The molecule has 56 heavy (non-hydrogen) atoms. The number of benzene rings is 3. The molecule has 3 fully saturated rings. The Kier molecular flexibility index (Phi) is 8.73. The Hall–Kier alpha value is -5.80. The van der Waals surface area contributed by atoms with Gasteiger partial charge in [0.05, 0.1) is 45.0 Å². The van der Waals surface area contributed by atoms with Crippen molar-refractivity contribution < 1.29 is 51.7 Å². The first-order valence-corrected chi connectivity index (χ1v) is 17.8. The van der Waals surface area contributed by atoms with E-state index in [2.05, 4.69) is 10.4 Å². The summed E-state index contributed by atoms with van der Waals surface area (Å²) >= 11 is 12.5. The number of aromatic carboxylic acids is 1. The number of nitrogens with zero attached hydrogens (tertiary/aromatic N) is 3. The number of anilines is 2. The van der Waals surface area contributed by atoms with Crippen molar-refractivity contribution in [1.29, 1.82) is 0 Å². The molecule has 4 aliphatic rings. The second-order valence-corrected chi connectivity index (χ2v) is 14.8. The monoisotopic (exact) mass is 808 g/mol. The van der Waals surface area contributed by atoms with Crippen molar-refractivity contribution in [1.82, 2.24) is 9.99 Å². The van der Waals surface area contributed by atoms with Crippen molar-refractivity contribution in [2.45, 2.75) is 30.4 Å². The Morgan fingerprint density at radius 3 is 2.32 bits per heavy atom. The number of alkyl halides is 3. The van der Waals surface area contributed by atoms with Crippen molar-refractivity contribution in [2.24, 2.45) is 23.7 Å². The Morgan fingerprint density at radius 2 is 1.66 bits per heavy atom. The maximum absolute atomic E-state index is 15.3. The Bertz CT molecular complexity index is 2430. The van der Waals surface area contributed by atoms with Gasteiger partial charge >= 0.3 is 12.1 Å². The first kappa shape index (κ1) is 37.1. The lowest BCUT2D eigenvalue weighted by molar-refractivity contribution is -0.139. The molecule has 8 rings (SSSR count). The molecule has 0 spiro atoms. The average Bonchev–Trinajstić information content (AvgIpc) is 3.54. The van der Waals surface area contributed by atoms with Gasteiger partial charge in [-0.1, -0.05) is 59.1 Å². The lowest BCUT2D eigenvalue weighted by atomic mass is 9.49. The molecule has 0 radical (unpaired) electrons. The number of amides is 4. The van der Waals surface area contributed by atoms with Gasteiger partial charge in [0, 0.05) is 17.1 Å². The van der Waals surface area contributed by atoms with Gasteiger partial charge in [-0.2, -0.15) is 18.2 Å². The van der Waals surface area contributed by atoms with Crippen LogP contribution in [0, 0.1) is 29.5 Å². The number of halogens is 6. The third-order valence-electron chi connectivity index (χ3n) is 11.2. The molecular formula is C39H26Cl2F4N4O7. The van der Waals surface area contributed by atoms with E-state index in [1.165, 1.54) is 54.6 Å². The van der Waals surface area contributed by atoms with Gasteiger partial charge in [-0.3, -0.25) is 29.5 Å². The number of phenolic OH excluding ortho intramolecular Hbond substituents is 1. The smallest absolute Gasteiger partial charge is 0.417 e. The summed E-state index contributed by atoms with van der Waals surface area (Å²) < 4.78 is 55.7. The Labute approximate surface area is 324 Å². The molecular weight excluding hydrogens is 783 g/mol. The summed E-state index contributed by atoms with van der Waals surface area (Å²) in [6.07, 6.45) is -2.84. The summed E-state index contributed by atoms with van der Waals surface area (Å²) in [4.78, 5) is 74.8. The fourth-order valence-electron chi connectivity index (χ4n) is 8.89. The summed E-state index contributed by atoms with van der Waals surface area (Å²) in [6.45, 7) is 0. The summed E-state index contributed by atoms with van der Waals surface area (Å²) in [5.74, 6) is -12.1. The normalized spacial score (nSPS) is 25.8. The topological polar surface area (TPSA) is 157 Å². The van der Waals surface area contributed by atoms with Crippen molar-refractivity contribution in [3.05, 3.63) is 129 Å². The minimum atomic E-state index is -4.80.